The fourth-order valence-electron chi connectivity index (χ4n) is 10.4. The van der Waals surface area contributed by atoms with Crippen molar-refractivity contribution in [1.29, 1.82) is 0 Å². The number of carbonyl (C=O) groups excluding carboxylic acids is 1. The van der Waals surface area contributed by atoms with Gasteiger partial charge in [0.2, 0.25) is 0 Å². The number of Topliss-reactive ketones (excluding diaryl/α,β-unsaturated/α-hetero) is 1. The van der Waals surface area contributed by atoms with E-state index in [-0.39, 0.29) is 40.8 Å². The van der Waals surface area contributed by atoms with Gasteiger partial charge in [0.15, 0.2) is 5.78 Å². The van der Waals surface area contributed by atoms with Gasteiger partial charge in [0.1, 0.15) is 13.8 Å². The first-order chi connectivity index (χ1) is 38.3. The molecule has 0 unspecified atom stereocenters. The summed E-state index contributed by atoms with van der Waals surface area (Å²) < 4.78 is 0. The fraction of sp³-hybridized carbons (Fsp3) is 0.0405. The normalized spacial score (nSPS) is 11.4. The van der Waals surface area contributed by atoms with Crippen molar-refractivity contribution in [1.82, 2.24) is 9.97 Å². The second-order valence-corrected chi connectivity index (χ2v) is 24.9. The maximum absolute atomic E-state index is 14.0. The van der Waals surface area contributed by atoms with Crippen molar-refractivity contribution in [3.05, 3.63) is 313 Å². The summed E-state index contributed by atoms with van der Waals surface area (Å²) in [5, 5.41) is 6.73. The molecule has 0 fully saturated rings. The molecule has 0 amide bonds. The molecule has 380 valence electrons. The molecule has 0 spiro atoms. The smallest absolute Gasteiger partial charge is 0.870 e. The summed E-state index contributed by atoms with van der Waals surface area (Å²) in [5.41, 5.74) is 19.3. The minimum Gasteiger partial charge on any atom is -0.870 e. The summed E-state index contributed by atoms with van der Waals surface area (Å²) in [6, 6.07) is 94.1. The second kappa shape index (κ2) is 25.8. The van der Waals surface area contributed by atoms with Crippen LogP contribution in [0.25, 0.3) is 88.5 Å². The van der Waals surface area contributed by atoms with Crippen LogP contribution in [0.5, 0.6) is 0 Å². The topological polar surface area (TPSA) is 72.8 Å². The molecule has 2 heterocycles. The maximum Gasteiger partial charge on any atom is 1.00 e. The molecular weight excluding hydrogens is 1000 g/mol. The minimum atomic E-state index is -1.24. The van der Waals surface area contributed by atoms with Gasteiger partial charge in [0.05, 0.1) is 5.69 Å². The predicted octanol–water partition coefficient (Wildman–Crippen LogP) is 13.5. The molecule has 2 aromatic heterocycles. The summed E-state index contributed by atoms with van der Waals surface area (Å²) >= 11 is 0. The van der Waals surface area contributed by atoms with Crippen LogP contribution in [0.1, 0.15) is 16.8 Å². The summed E-state index contributed by atoms with van der Waals surface area (Å²) in [7, 11) is -1.24. The van der Waals surface area contributed by atoms with E-state index in [0.717, 1.165) is 60.4 Å². The van der Waals surface area contributed by atoms with Crippen molar-refractivity contribution < 1.29 is 39.8 Å². The number of benzene rings is 10. The number of fused-ring (bicyclic) bond motifs is 6. The average molecular weight is 1060 g/mol. The van der Waals surface area contributed by atoms with Crippen LogP contribution < -0.4 is 40.0 Å². The third-order valence-electron chi connectivity index (χ3n) is 13.8. The van der Waals surface area contributed by atoms with Crippen molar-refractivity contribution >= 4 is 46.5 Å². The van der Waals surface area contributed by atoms with E-state index in [0.29, 0.717) is 0 Å². The van der Waals surface area contributed by atoms with E-state index in [1.54, 1.807) is 6.20 Å². The third kappa shape index (κ3) is 12.1. The summed E-state index contributed by atoms with van der Waals surface area (Å²) in [5.74, 6) is 3.19. The van der Waals surface area contributed by atoms with Crippen LogP contribution in [0, 0.1) is 11.5 Å². The number of ketones is 1. The number of pyridine rings is 2. The Hall–Kier alpha value is -8.83. The van der Waals surface area contributed by atoms with Gasteiger partial charge in [0.25, 0.3) is 0 Å². The first-order valence-corrected chi connectivity index (χ1v) is 29.9. The van der Waals surface area contributed by atoms with Crippen LogP contribution in [-0.4, -0.2) is 29.3 Å². The number of nitrogens with zero attached hydrogens (tertiary/aromatic N) is 2. The van der Waals surface area contributed by atoms with Crippen molar-refractivity contribution in [2.75, 3.05) is 0 Å². The van der Waals surface area contributed by atoms with E-state index in [4.69, 9.17) is 4.98 Å². The predicted molar refractivity (Wildman–Crippen MR) is 331 cm³/mol. The molecule has 0 saturated carbocycles. The number of hydrogen-bond acceptors (Lipinski definition) is 4. The Labute approximate surface area is 492 Å². The standard InChI is InChI=1S/C35H25N.C29H18O.C10H13NSi.Na.H2O/c1-5-15-26(16-6-1)30-25-31(32-23-13-14-24-36-32)34(28-19-9-3-10-20-28)35(29-21-11-4-12-22-29)33(30)27-17-7-2-8-18-27;30-29-25(19-11-3-1-4-12-19)27-23-17-9-7-15-21(23)22-16-8-10-18-24(22)28(27)26(29)20-13-5-2-6-14-20;1-12(2,3)9-7-10-6-4-5-8-11-10;;/h1-25H;1-18H;4-6,8H,1-3H3;;1H2/q;;;+1;/p-1. The molecule has 0 radical (unpaired) electrons. The summed E-state index contributed by atoms with van der Waals surface area (Å²) in [6.07, 6.45) is 3.65. The molecule has 13 rings (SSSR count). The third-order valence-corrected chi connectivity index (χ3v) is 14.7. The first-order valence-electron chi connectivity index (χ1n) is 26.4. The summed E-state index contributed by atoms with van der Waals surface area (Å²) in [6.45, 7) is 6.68. The zero-order valence-electron chi connectivity index (χ0n) is 45.4. The molecule has 0 bridgehead atoms. The van der Waals surface area contributed by atoms with Crippen LogP contribution in [0.4, 0.5) is 0 Å². The van der Waals surface area contributed by atoms with Crippen LogP contribution in [-0.2, 0) is 4.79 Å². The summed E-state index contributed by atoms with van der Waals surface area (Å²) in [4.78, 5) is 22.9. The SMILES string of the molecule is C[Si](C)(C)C#Cc1ccccn1.O=C1C(c2ccccc2)=c2c(c3ccccc3c3ccccc23)=C1c1ccccc1.[Na+].[OH-].c1ccc(-c2cc(-c3ccccn3)c(-c3ccccc3)c(-c3ccccc3)c2-c2ccccc2)cc1. The van der Waals surface area contributed by atoms with Crippen molar-refractivity contribution in [3.63, 3.8) is 0 Å². The average Bonchev–Trinajstić information content (AvgIpc) is 4.07. The van der Waals surface area contributed by atoms with Gasteiger partial charge in [-0.05, 0) is 108 Å². The van der Waals surface area contributed by atoms with Gasteiger partial charge in [-0.3, -0.25) is 9.78 Å². The molecule has 0 aliphatic heterocycles. The maximum atomic E-state index is 14.0. The van der Waals surface area contributed by atoms with E-state index in [1.165, 1.54) is 55.3 Å². The first kappa shape index (κ1) is 55.9. The van der Waals surface area contributed by atoms with Gasteiger partial charge in [-0.1, -0.05) is 268 Å². The Balaban J connectivity index is 0.000000159. The largest absolute Gasteiger partial charge is 1.00 e. The molecule has 1 aliphatic carbocycles. The molecule has 6 heteroatoms. The van der Waals surface area contributed by atoms with Gasteiger partial charge in [-0.15, -0.1) is 5.54 Å². The molecule has 1 N–H and O–H groups in total. The molecule has 4 nitrogen and oxygen atoms in total. The molecule has 12 aromatic rings. The van der Waals surface area contributed by atoms with Gasteiger partial charge in [-0.25, -0.2) is 4.98 Å². The van der Waals surface area contributed by atoms with Crippen molar-refractivity contribution in [3.8, 4) is 67.2 Å². The van der Waals surface area contributed by atoms with Crippen LogP contribution in [0.2, 0.25) is 19.6 Å². The van der Waals surface area contributed by atoms with Gasteiger partial charge >= 0.3 is 29.6 Å². The molecule has 10 aromatic carbocycles. The second-order valence-electron chi connectivity index (χ2n) is 20.1. The monoisotopic (exact) mass is 1060 g/mol. The molecular formula is C74H57N2NaO2Si. The van der Waals surface area contributed by atoms with E-state index >= 15 is 0 Å². The number of hydrogen-bond donors (Lipinski definition) is 0. The van der Waals surface area contributed by atoms with Crippen molar-refractivity contribution in [2.45, 2.75) is 19.6 Å². The number of aromatic nitrogens is 2. The van der Waals surface area contributed by atoms with Gasteiger partial charge < -0.3 is 5.48 Å². The molecule has 1 aliphatic rings. The van der Waals surface area contributed by atoms with E-state index < -0.39 is 8.07 Å². The van der Waals surface area contributed by atoms with Gasteiger partial charge in [-0.2, -0.15) is 0 Å². The molecule has 0 saturated heterocycles. The zero-order chi connectivity index (χ0) is 53.3. The number of carbonyl (C=O) groups is 1. The van der Waals surface area contributed by atoms with E-state index in [2.05, 4.69) is 224 Å². The van der Waals surface area contributed by atoms with Crippen LogP contribution in [0.15, 0.2) is 285 Å². The fourth-order valence-corrected chi connectivity index (χ4v) is 10.9. The van der Waals surface area contributed by atoms with Gasteiger partial charge in [0, 0.05) is 39.5 Å². The molecule has 0 atom stereocenters. The Kier molecular flexibility index (Phi) is 18.0. The Morgan fingerprint density at radius 2 is 0.700 bits per heavy atom. The quantitative estimate of drug-likeness (QED) is 0.0906. The van der Waals surface area contributed by atoms with E-state index in [9.17, 15) is 4.79 Å². The minimum absolute atomic E-state index is 0. The Morgan fingerprint density at radius 1 is 0.350 bits per heavy atom. The van der Waals surface area contributed by atoms with Crippen molar-refractivity contribution in [2.24, 2.45) is 0 Å². The molecule has 80 heavy (non-hydrogen) atoms. The van der Waals surface area contributed by atoms with E-state index in [1.807, 2.05) is 91.1 Å². The zero-order valence-corrected chi connectivity index (χ0v) is 48.4. The number of rotatable bonds is 7. The van der Waals surface area contributed by atoms with Crippen LogP contribution >= 0.6 is 0 Å². The Bertz CT molecular complexity index is 4040. The Morgan fingerprint density at radius 3 is 1.10 bits per heavy atom. The van der Waals surface area contributed by atoms with Crippen LogP contribution in [0.3, 0.4) is 0 Å².